The van der Waals surface area contributed by atoms with Gasteiger partial charge in [0.15, 0.2) is 0 Å². The molecule has 0 spiro atoms. The van der Waals surface area contributed by atoms with E-state index in [1.807, 2.05) is 57.2 Å². The SMILES string of the molecule is CC(C)(C)c1cc(NC(=O)O)n(-c2cc(CC(N)=O)c3ccccc3c2)n1. The smallest absolute Gasteiger partial charge is 0.410 e. The van der Waals surface area contributed by atoms with E-state index >= 15 is 0 Å². The van der Waals surface area contributed by atoms with E-state index in [1.54, 1.807) is 10.7 Å². The third-order valence-electron chi connectivity index (χ3n) is 4.25. The summed E-state index contributed by atoms with van der Waals surface area (Å²) in [7, 11) is 0. The molecule has 140 valence electrons. The maximum absolute atomic E-state index is 11.5. The summed E-state index contributed by atoms with van der Waals surface area (Å²) in [6.07, 6.45) is -1.08. The third-order valence-corrected chi connectivity index (χ3v) is 4.25. The van der Waals surface area contributed by atoms with Gasteiger partial charge in [0.25, 0.3) is 0 Å². The summed E-state index contributed by atoms with van der Waals surface area (Å²) in [5, 5.41) is 18.0. The molecule has 1 aromatic heterocycles. The van der Waals surface area contributed by atoms with Gasteiger partial charge in [0, 0.05) is 11.5 Å². The minimum absolute atomic E-state index is 0.0867. The van der Waals surface area contributed by atoms with E-state index in [-0.39, 0.29) is 11.8 Å². The van der Waals surface area contributed by atoms with Crippen molar-refractivity contribution in [2.45, 2.75) is 32.6 Å². The lowest BCUT2D eigenvalue weighted by atomic mass is 9.92. The lowest BCUT2D eigenvalue weighted by Crippen LogP contribution is -2.15. The molecular weight excluding hydrogens is 344 g/mol. The fourth-order valence-electron chi connectivity index (χ4n) is 2.97. The topological polar surface area (TPSA) is 110 Å². The molecule has 7 heteroatoms. The number of hydrogen-bond donors (Lipinski definition) is 3. The van der Waals surface area contributed by atoms with Crippen molar-refractivity contribution in [1.82, 2.24) is 9.78 Å². The number of nitrogens with zero attached hydrogens (tertiary/aromatic N) is 2. The van der Waals surface area contributed by atoms with Gasteiger partial charge in [-0.3, -0.25) is 10.1 Å². The number of nitrogens with one attached hydrogen (secondary N) is 1. The Kier molecular flexibility index (Phi) is 4.61. The summed E-state index contributed by atoms with van der Waals surface area (Å²) in [5.41, 5.74) is 7.32. The molecule has 0 radical (unpaired) electrons. The molecule has 0 saturated carbocycles. The number of anilines is 1. The van der Waals surface area contributed by atoms with Gasteiger partial charge in [-0.25, -0.2) is 9.48 Å². The number of fused-ring (bicyclic) bond motifs is 1. The zero-order chi connectivity index (χ0) is 19.8. The molecule has 0 aliphatic carbocycles. The van der Waals surface area contributed by atoms with Gasteiger partial charge >= 0.3 is 6.09 Å². The van der Waals surface area contributed by atoms with Gasteiger partial charge in [0.05, 0.1) is 17.8 Å². The first-order chi connectivity index (χ1) is 12.6. The zero-order valence-electron chi connectivity index (χ0n) is 15.5. The molecule has 0 aliphatic rings. The minimum Gasteiger partial charge on any atom is -0.465 e. The highest BCUT2D eigenvalue weighted by atomic mass is 16.4. The Morgan fingerprint density at radius 1 is 1.19 bits per heavy atom. The Morgan fingerprint density at radius 2 is 1.89 bits per heavy atom. The molecule has 0 saturated heterocycles. The standard InChI is InChI=1S/C20H22N4O3/c1-20(2,3)16-11-18(22-19(26)27)24(23-16)14-8-12-6-4-5-7-15(12)13(9-14)10-17(21)25/h4-9,11,22H,10H2,1-3H3,(H2,21,25)(H,26,27). The lowest BCUT2D eigenvalue weighted by molar-refractivity contribution is -0.117. The van der Waals surface area contributed by atoms with Crippen LogP contribution in [0.2, 0.25) is 0 Å². The Hall–Kier alpha value is -3.35. The minimum atomic E-state index is -1.17. The van der Waals surface area contributed by atoms with Crippen LogP contribution < -0.4 is 11.1 Å². The van der Waals surface area contributed by atoms with E-state index in [1.165, 1.54) is 0 Å². The van der Waals surface area contributed by atoms with Gasteiger partial charge in [-0.1, -0.05) is 45.0 Å². The van der Waals surface area contributed by atoms with Crippen molar-refractivity contribution in [2.24, 2.45) is 5.73 Å². The number of carboxylic acid groups (broad SMARTS) is 1. The predicted molar refractivity (Wildman–Crippen MR) is 104 cm³/mol. The molecule has 3 rings (SSSR count). The first kappa shape index (κ1) is 18.4. The third kappa shape index (κ3) is 3.92. The number of nitrogens with two attached hydrogens (primary N) is 1. The number of rotatable bonds is 4. The zero-order valence-corrected chi connectivity index (χ0v) is 15.5. The Labute approximate surface area is 156 Å². The monoisotopic (exact) mass is 366 g/mol. The molecule has 3 aromatic rings. The normalized spacial score (nSPS) is 11.5. The highest BCUT2D eigenvalue weighted by molar-refractivity contribution is 5.91. The number of carbonyl (C=O) groups is 2. The van der Waals surface area contributed by atoms with Crippen molar-refractivity contribution in [3.8, 4) is 5.69 Å². The van der Waals surface area contributed by atoms with Crippen LogP contribution in [0, 0.1) is 0 Å². The quantitative estimate of drug-likeness (QED) is 0.657. The summed E-state index contributed by atoms with van der Waals surface area (Å²) >= 11 is 0. The summed E-state index contributed by atoms with van der Waals surface area (Å²) < 4.78 is 1.55. The Balaban J connectivity index is 2.23. The summed E-state index contributed by atoms with van der Waals surface area (Å²) in [6.45, 7) is 6.01. The lowest BCUT2D eigenvalue weighted by Gasteiger charge is -2.14. The van der Waals surface area contributed by atoms with E-state index in [0.29, 0.717) is 11.5 Å². The van der Waals surface area contributed by atoms with Crippen LogP contribution in [0.3, 0.4) is 0 Å². The van der Waals surface area contributed by atoms with Gasteiger partial charge in [-0.05, 0) is 28.5 Å². The van der Waals surface area contributed by atoms with Crippen molar-refractivity contribution >= 4 is 28.6 Å². The first-order valence-electron chi connectivity index (χ1n) is 8.56. The molecule has 0 aliphatic heterocycles. The van der Waals surface area contributed by atoms with Crippen LogP contribution in [0.15, 0.2) is 42.5 Å². The van der Waals surface area contributed by atoms with Gasteiger partial charge < -0.3 is 10.8 Å². The van der Waals surface area contributed by atoms with Crippen LogP contribution in [0.1, 0.15) is 32.0 Å². The van der Waals surface area contributed by atoms with Crippen LogP contribution in [0.25, 0.3) is 16.5 Å². The summed E-state index contributed by atoms with van der Waals surface area (Å²) in [4.78, 5) is 22.7. The van der Waals surface area contributed by atoms with Crippen LogP contribution in [0.4, 0.5) is 10.6 Å². The first-order valence-corrected chi connectivity index (χ1v) is 8.56. The fraction of sp³-hybridized carbons (Fsp3) is 0.250. The number of primary amides is 1. The van der Waals surface area contributed by atoms with Crippen LogP contribution in [0.5, 0.6) is 0 Å². The van der Waals surface area contributed by atoms with Crippen molar-refractivity contribution in [1.29, 1.82) is 0 Å². The predicted octanol–water partition coefficient (Wildman–Crippen LogP) is 3.44. The van der Waals surface area contributed by atoms with Crippen molar-refractivity contribution in [3.05, 3.63) is 53.7 Å². The molecule has 0 atom stereocenters. The van der Waals surface area contributed by atoms with Crippen LogP contribution >= 0.6 is 0 Å². The van der Waals surface area contributed by atoms with Crippen molar-refractivity contribution in [3.63, 3.8) is 0 Å². The van der Waals surface area contributed by atoms with E-state index < -0.39 is 12.0 Å². The van der Waals surface area contributed by atoms with E-state index in [0.717, 1.165) is 22.0 Å². The molecule has 7 nitrogen and oxygen atoms in total. The molecule has 1 heterocycles. The van der Waals surface area contributed by atoms with Crippen LogP contribution in [-0.4, -0.2) is 26.9 Å². The second-order valence-electron chi connectivity index (χ2n) is 7.48. The van der Waals surface area contributed by atoms with Gasteiger partial charge in [0.2, 0.25) is 5.91 Å². The number of carbonyl (C=O) groups excluding carboxylic acids is 1. The second kappa shape index (κ2) is 6.75. The molecule has 2 aromatic carbocycles. The van der Waals surface area contributed by atoms with Gasteiger partial charge in [0.1, 0.15) is 5.82 Å². The fourth-order valence-corrected chi connectivity index (χ4v) is 2.97. The molecular formula is C20H22N4O3. The second-order valence-corrected chi connectivity index (χ2v) is 7.48. The Bertz CT molecular complexity index is 1030. The highest BCUT2D eigenvalue weighted by Gasteiger charge is 2.22. The average Bonchev–Trinajstić information content (AvgIpc) is 2.97. The molecule has 0 unspecified atom stereocenters. The number of hydrogen-bond acceptors (Lipinski definition) is 3. The number of aromatic nitrogens is 2. The molecule has 2 amide bonds. The van der Waals surface area contributed by atoms with Crippen molar-refractivity contribution < 1.29 is 14.7 Å². The van der Waals surface area contributed by atoms with Gasteiger partial charge in [-0.15, -0.1) is 0 Å². The highest BCUT2D eigenvalue weighted by Crippen LogP contribution is 2.29. The van der Waals surface area contributed by atoms with E-state index in [2.05, 4.69) is 10.4 Å². The largest absolute Gasteiger partial charge is 0.465 e. The summed E-state index contributed by atoms with van der Waals surface area (Å²) in [5.74, 6) is -0.0928. The van der Waals surface area contributed by atoms with Crippen molar-refractivity contribution in [2.75, 3.05) is 5.32 Å². The van der Waals surface area contributed by atoms with Crippen LogP contribution in [-0.2, 0) is 16.6 Å². The maximum atomic E-state index is 11.5. The average molecular weight is 366 g/mol. The molecule has 27 heavy (non-hydrogen) atoms. The molecule has 4 N–H and O–H groups in total. The number of amides is 2. The van der Waals surface area contributed by atoms with E-state index in [9.17, 15) is 14.7 Å². The number of benzene rings is 2. The molecule has 0 fully saturated rings. The Morgan fingerprint density at radius 3 is 2.52 bits per heavy atom. The van der Waals surface area contributed by atoms with Gasteiger partial charge in [-0.2, -0.15) is 5.10 Å². The summed E-state index contributed by atoms with van der Waals surface area (Å²) in [6, 6.07) is 13.1. The molecule has 0 bridgehead atoms. The van der Waals surface area contributed by atoms with E-state index in [4.69, 9.17) is 5.73 Å². The maximum Gasteiger partial charge on any atom is 0.410 e.